The second-order valence-corrected chi connectivity index (χ2v) is 31.9. The lowest BCUT2D eigenvalue weighted by atomic mass is 9.84. The molecule has 3 amide bonds. The fourth-order valence-electron chi connectivity index (χ4n) is 11.9. The van der Waals surface area contributed by atoms with E-state index in [-0.39, 0.29) is 31.2 Å². The normalized spacial score (nSPS) is 20.6. The standard InChI is InChI=1S/C57H85N11O9SSi/c1-12-66-44-19-16-37(29-40(44)42(31-56(6,7)35-69)47(66)41-30-39(32-58-45(41)36(2)75-8)64-25-23-63(24-26-64)38-17-18-38)50-60-49(62-78-50)48(65-33-57(34-65)20-14-21-67(57)54(74)76-27-28-79(9,10)11)46(59-53(73)77-55(3,4)5)51(70)68-22-13-15-43(61-68)52(71)72/h16,19,29-30,32,36,38,43,46,48,61,69H,12-15,17-18,20-28,31,33-35H2,1-11H3,(H,59,73)(H,71,72)/t36-,43?,46-,48-/m0/s1. The van der Waals surface area contributed by atoms with Gasteiger partial charge in [0, 0.05) is 109 Å². The summed E-state index contributed by atoms with van der Waals surface area (Å²) in [6.07, 6.45) is 5.86. The van der Waals surface area contributed by atoms with Crippen molar-refractivity contribution in [3.63, 3.8) is 0 Å². The van der Waals surface area contributed by atoms with E-state index in [0.29, 0.717) is 57.1 Å². The van der Waals surface area contributed by atoms with E-state index in [2.05, 4.69) is 83.7 Å². The summed E-state index contributed by atoms with van der Waals surface area (Å²) in [6.45, 7) is 26.6. The van der Waals surface area contributed by atoms with Gasteiger partial charge in [-0.2, -0.15) is 4.37 Å². The first-order valence-electron chi connectivity index (χ1n) is 28.5. The number of aromatic nitrogens is 4. The zero-order valence-corrected chi connectivity index (χ0v) is 50.2. The Morgan fingerprint density at radius 3 is 2.37 bits per heavy atom. The molecule has 7 heterocycles. The summed E-state index contributed by atoms with van der Waals surface area (Å²) in [5.74, 6) is -1.38. The second-order valence-electron chi connectivity index (χ2n) is 25.5. The van der Waals surface area contributed by atoms with Crippen LogP contribution < -0.4 is 15.6 Å². The van der Waals surface area contributed by atoms with Gasteiger partial charge in [0.15, 0.2) is 5.82 Å². The number of fused-ring (bicyclic) bond motifs is 1. The van der Waals surface area contributed by atoms with Gasteiger partial charge in [0.1, 0.15) is 28.7 Å². The van der Waals surface area contributed by atoms with Gasteiger partial charge in [-0.05, 0) is 132 Å². The zero-order valence-electron chi connectivity index (χ0n) is 48.4. The first kappa shape index (κ1) is 58.4. The summed E-state index contributed by atoms with van der Waals surface area (Å²) in [4.78, 5) is 74.5. The number of carboxylic acids is 1. The highest BCUT2D eigenvalue weighted by Crippen LogP contribution is 2.46. The number of carbonyl (C=O) groups excluding carboxylic acids is 3. The Kier molecular flexibility index (Phi) is 17.2. The fraction of sp³-hybridized carbons (Fsp3) is 0.667. The molecule has 79 heavy (non-hydrogen) atoms. The smallest absolute Gasteiger partial charge is 0.410 e. The number of carbonyl (C=O) groups is 4. The summed E-state index contributed by atoms with van der Waals surface area (Å²) < 4.78 is 25.1. The lowest BCUT2D eigenvalue weighted by molar-refractivity contribution is -0.150. The molecule has 5 aliphatic rings. The van der Waals surface area contributed by atoms with Gasteiger partial charge in [-0.1, -0.05) is 33.5 Å². The fourth-order valence-corrected chi connectivity index (χ4v) is 13.3. The molecule has 4 saturated heterocycles. The number of aliphatic hydroxyl groups excluding tert-OH is 1. The van der Waals surface area contributed by atoms with E-state index in [9.17, 15) is 24.6 Å². The molecule has 1 unspecified atom stereocenters. The molecular formula is C57H85N11O9SSi. The van der Waals surface area contributed by atoms with Crippen molar-refractivity contribution in [1.29, 1.82) is 0 Å². The SMILES string of the molecule is CCn1c(-c2cc(N3CCN(C4CC4)CC3)cnc2[C@H](C)OC)c(CC(C)(C)CO)c2cc(-c3nc([C@H]([C@H](NC(=O)OC(C)(C)C)C(=O)N4CCCC(C(=O)O)N4)N4CC5(CCCN5C(=O)OCC[Si](C)(C)C)C4)ns3)ccc21. The first-order valence-corrected chi connectivity index (χ1v) is 33.0. The third-order valence-electron chi connectivity index (χ3n) is 16.4. The van der Waals surface area contributed by atoms with Gasteiger partial charge in [-0.15, -0.1) is 0 Å². The number of likely N-dealkylation sites (tertiary alicyclic amines) is 2. The number of aryl methyl sites for hydroxylation is 1. The molecule has 4 aromatic rings. The van der Waals surface area contributed by atoms with Crippen LogP contribution in [0.3, 0.4) is 0 Å². The van der Waals surface area contributed by atoms with Crippen molar-refractivity contribution in [2.75, 3.05) is 77.6 Å². The molecule has 1 saturated carbocycles. The van der Waals surface area contributed by atoms with Crippen LogP contribution in [-0.2, 0) is 36.8 Å². The number of aliphatic carboxylic acids is 1. The molecule has 1 aliphatic carbocycles. The van der Waals surface area contributed by atoms with Crippen LogP contribution in [0.4, 0.5) is 15.3 Å². The number of nitrogens with one attached hydrogen (secondary N) is 2. The monoisotopic (exact) mass is 1130 g/mol. The predicted octanol–water partition coefficient (Wildman–Crippen LogP) is 7.93. The molecule has 22 heteroatoms. The van der Waals surface area contributed by atoms with Gasteiger partial charge >= 0.3 is 18.2 Å². The number of benzene rings is 1. The van der Waals surface area contributed by atoms with E-state index in [4.69, 9.17) is 28.6 Å². The highest BCUT2D eigenvalue weighted by Gasteiger charge is 2.57. The summed E-state index contributed by atoms with van der Waals surface area (Å²) in [5.41, 5.74) is 7.69. The molecule has 0 radical (unpaired) electrons. The number of hydrogen-bond acceptors (Lipinski definition) is 16. The Balaban J connectivity index is 1.13. The van der Waals surface area contributed by atoms with E-state index in [1.165, 1.54) is 29.4 Å². The second kappa shape index (κ2) is 23.3. The van der Waals surface area contributed by atoms with E-state index in [1.54, 1.807) is 27.9 Å². The maximum Gasteiger partial charge on any atom is 0.410 e. The van der Waals surface area contributed by atoms with Gasteiger partial charge in [0.25, 0.3) is 5.91 Å². The van der Waals surface area contributed by atoms with Crippen LogP contribution in [0.2, 0.25) is 25.7 Å². The first-order chi connectivity index (χ1) is 37.4. The molecule has 9 rings (SSSR count). The number of methoxy groups -OCH3 is 1. The van der Waals surface area contributed by atoms with Crippen LogP contribution >= 0.6 is 11.5 Å². The molecule has 4 atom stereocenters. The summed E-state index contributed by atoms with van der Waals surface area (Å²) in [7, 11) is 0.234. The average Bonchev–Trinajstić information content (AvgIpc) is 3.91. The number of amides is 3. The van der Waals surface area contributed by atoms with E-state index in [0.717, 1.165) is 95.8 Å². The van der Waals surface area contributed by atoms with Gasteiger partial charge < -0.3 is 39.2 Å². The summed E-state index contributed by atoms with van der Waals surface area (Å²) in [5, 5.41) is 26.7. The molecule has 5 fully saturated rings. The Hall–Kier alpha value is -5.23. The number of hydrazine groups is 1. The quantitative estimate of drug-likeness (QED) is 0.0655. The number of piperazine rings is 1. The number of ether oxygens (including phenoxy) is 3. The van der Waals surface area contributed by atoms with Crippen LogP contribution in [0.5, 0.6) is 0 Å². The largest absolute Gasteiger partial charge is 0.480 e. The average molecular weight is 1130 g/mol. The number of rotatable bonds is 19. The number of carboxylic acid groups (broad SMARTS) is 1. The molecule has 0 bridgehead atoms. The van der Waals surface area contributed by atoms with Gasteiger partial charge in [0.2, 0.25) is 0 Å². The Morgan fingerprint density at radius 1 is 0.987 bits per heavy atom. The minimum absolute atomic E-state index is 0.0343. The van der Waals surface area contributed by atoms with Crippen LogP contribution in [0.15, 0.2) is 30.5 Å². The number of anilines is 1. The third kappa shape index (κ3) is 12.9. The Morgan fingerprint density at radius 2 is 1.72 bits per heavy atom. The zero-order chi connectivity index (χ0) is 56.8. The molecule has 1 aromatic carbocycles. The Labute approximate surface area is 470 Å². The van der Waals surface area contributed by atoms with Gasteiger partial charge in [0.05, 0.1) is 41.5 Å². The molecule has 432 valence electrons. The topological polar surface area (TPSA) is 220 Å². The molecule has 20 nitrogen and oxygen atoms in total. The number of hydrogen-bond donors (Lipinski definition) is 4. The van der Waals surface area contributed by atoms with Crippen molar-refractivity contribution >= 4 is 60.3 Å². The summed E-state index contributed by atoms with van der Waals surface area (Å²) in [6, 6.07) is 6.82. The molecule has 3 aromatic heterocycles. The van der Waals surface area contributed by atoms with Crippen LogP contribution in [0.25, 0.3) is 32.7 Å². The van der Waals surface area contributed by atoms with Crippen LogP contribution in [-0.4, -0.2) is 183 Å². The molecule has 4 aliphatic heterocycles. The minimum Gasteiger partial charge on any atom is -0.480 e. The molecular weight excluding hydrogens is 1040 g/mol. The van der Waals surface area contributed by atoms with E-state index in [1.807, 2.05) is 29.0 Å². The van der Waals surface area contributed by atoms with Crippen molar-refractivity contribution in [1.82, 2.24) is 49.4 Å². The van der Waals surface area contributed by atoms with Crippen LogP contribution in [0.1, 0.15) is 116 Å². The van der Waals surface area contributed by atoms with E-state index < -0.39 is 60.7 Å². The summed E-state index contributed by atoms with van der Waals surface area (Å²) >= 11 is 1.19. The van der Waals surface area contributed by atoms with Crippen molar-refractivity contribution in [3.8, 4) is 21.8 Å². The van der Waals surface area contributed by atoms with Gasteiger partial charge in [-0.3, -0.25) is 34.3 Å². The maximum absolute atomic E-state index is 15.1. The third-order valence-corrected chi connectivity index (χ3v) is 18.9. The lowest BCUT2D eigenvalue weighted by Crippen LogP contribution is -2.72. The van der Waals surface area contributed by atoms with E-state index >= 15 is 4.79 Å². The van der Waals surface area contributed by atoms with Crippen molar-refractivity contribution in [2.45, 2.75) is 167 Å². The number of nitrogens with zero attached hydrogens (tertiary/aromatic N) is 9. The number of pyridine rings is 1. The lowest BCUT2D eigenvalue weighted by Gasteiger charge is -2.55. The Bertz CT molecular complexity index is 2860. The van der Waals surface area contributed by atoms with Crippen molar-refractivity contribution in [2.24, 2.45) is 5.41 Å². The molecule has 4 N–H and O–H groups in total. The number of aliphatic hydroxyl groups is 1. The predicted molar refractivity (Wildman–Crippen MR) is 308 cm³/mol. The van der Waals surface area contributed by atoms with Gasteiger partial charge in [-0.25, -0.2) is 20.0 Å². The maximum atomic E-state index is 15.1. The minimum atomic E-state index is -1.47. The van der Waals surface area contributed by atoms with Crippen molar-refractivity contribution in [3.05, 3.63) is 47.5 Å². The van der Waals surface area contributed by atoms with Crippen LogP contribution in [0, 0.1) is 5.41 Å². The molecule has 1 spiro atoms. The highest BCUT2D eigenvalue weighted by atomic mass is 32.1. The van der Waals surface area contributed by atoms with Crippen molar-refractivity contribution < 1.29 is 43.6 Å². The highest BCUT2D eigenvalue weighted by molar-refractivity contribution is 7.09. The number of alkyl carbamates (subject to hydrolysis) is 1.